The number of rotatable bonds is 4. The molecular weight excluding hydrogens is 250 g/mol. The van der Waals surface area contributed by atoms with Gasteiger partial charge >= 0.3 is 0 Å². The number of hydrogen-bond acceptors (Lipinski definition) is 4. The SMILES string of the molecule is Cc1ccc(NCC2CC=CCC2)cc1-n1cnnn1. The van der Waals surface area contributed by atoms with Crippen LogP contribution in [-0.2, 0) is 0 Å². The monoisotopic (exact) mass is 269 g/mol. The van der Waals surface area contributed by atoms with Gasteiger partial charge in [0.2, 0.25) is 0 Å². The zero-order valence-corrected chi connectivity index (χ0v) is 11.7. The van der Waals surface area contributed by atoms with Crippen LogP contribution in [0.3, 0.4) is 0 Å². The number of anilines is 1. The van der Waals surface area contributed by atoms with E-state index in [1.807, 2.05) is 0 Å². The lowest BCUT2D eigenvalue weighted by molar-refractivity contribution is 0.504. The van der Waals surface area contributed by atoms with Crippen LogP contribution in [0.25, 0.3) is 5.69 Å². The van der Waals surface area contributed by atoms with Gasteiger partial charge < -0.3 is 5.32 Å². The quantitative estimate of drug-likeness (QED) is 0.867. The first kappa shape index (κ1) is 12.8. The highest BCUT2D eigenvalue weighted by molar-refractivity contribution is 5.54. The van der Waals surface area contributed by atoms with Gasteiger partial charge in [0.15, 0.2) is 0 Å². The van der Waals surface area contributed by atoms with Crippen molar-refractivity contribution < 1.29 is 0 Å². The Morgan fingerprint density at radius 2 is 2.30 bits per heavy atom. The van der Waals surface area contributed by atoms with Crippen LogP contribution in [-0.4, -0.2) is 26.8 Å². The van der Waals surface area contributed by atoms with Gasteiger partial charge in [0.05, 0.1) is 5.69 Å². The van der Waals surface area contributed by atoms with Crippen LogP contribution in [0.5, 0.6) is 0 Å². The molecule has 1 unspecified atom stereocenters. The minimum Gasteiger partial charge on any atom is -0.385 e. The smallest absolute Gasteiger partial charge is 0.143 e. The van der Waals surface area contributed by atoms with E-state index >= 15 is 0 Å². The van der Waals surface area contributed by atoms with Gasteiger partial charge in [-0.1, -0.05) is 18.2 Å². The lowest BCUT2D eigenvalue weighted by atomic mass is 9.94. The lowest BCUT2D eigenvalue weighted by Crippen LogP contribution is -2.15. The van der Waals surface area contributed by atoms with Crippen molar-refractivity contribution in [2.75, 3.05) is 11.9 Å². The number of aryl methyl sites for hydroxylation is 1. The number of hydrogen-bond donors (Lipinski definition) is 1. The molecule has 0 amide bonds. The minimum atomic E-state index is 0.734. The van der Waals surface area contributed by atoms with E-state index in [9.17, 15) is 0 Å². The molecule has 1 N–H and O–H groups in total. The van der Waals surface area contributed by atoms with Crippen LogP contribution in [0.4, 0.5) is 5.69 Å². The second-order valence-electron chi connectivity index (χ2n) is 5.29. The molecule has 3 rings (SSSR count). The van der Waals surface area contributed by atoms with E-state index < -0.39 is 0 Å². The van der Waals surface area contributed by atoms with Gasteiger partial charge in [-0.15, -0.1) is 5.10 Å². The van der Waals surface area contributed by atoms with Crippen LogP contribution in [0.2, 0.25) is 0 Å². The molecule has 5 heteroatoms. The van der Waals surface area contributed by atoms with Crippen molar-refractivity contribution in [3.8, 4) is 5.69 Å². The fraction of sp³-hybridized carbons (Fsp3) is 0.400. The van der Waals surface area contributed by atoms with Gasteiger partial charge in [0.25, 0.3) is 0 Å². The van der Waals surface area contributed by atoms with Crippen molar-refractivity contribution in [3.05, 3.63) is 42.2 Å². The molecule has 1 aliphatic carbocycles. The number of allylic oxidation sites excluding steroid dienone is 2. The van der Waals surface area contributed by atoms with Crippen molar-refractivity contribution in [1.82, 2.24) is 20.2 Å². The van der Waals surface area contributed by atoms with Crippen molar-refractivity contribution >= 4 is 5.69 Å². The summed E-state index contributed by atoms with van der Waals surface area (Å²) in [5.74, 6) is 0.734. The number of aromatic nitrogens is 4. The Morgan fingerprint density at radius 1 is 1.35 bits per heavy atom. The minimum absolute atomic E-state index is 0.734. The summed E-state index contributed by atoms with van der Waals surface area (Å²) in [5, 5.41) is 14.9. The molecule has 1 aliphatic rings. The average Bonchev–Trinajstić information content (AvgIpc) is 3.01. The predicted octanol–water partition coefficient (Wildman–Crippen LogP) is 2.74. The van der Waals surface area contributed by atoms with Crippen LogP contribution < -0.4 is 5.32 Å². The number of tetrazole rings is 1. The molecule has 0 spiro atoms. The molecule has 0 fully saturated rings. The first-order valence-corrected chi connectivity index (χ1v) is 7.06. The summed E-state index contributed by atoms with van der Waals surface area (Å²) in [4.78, 5) is 0. The maximum atomic E-state index is 3.96. The second-order valence-corrected chi connectivity index (χ2v) is 5.29. The fourth-order valence-corrected chi connectivity index (χ4v) is 2.54. The molecule has 1 aromatic heterocycles. The fourth-order valence-electron chi connectivity index (χ4n) is 2.54. The average molecular weight is 269 g/mol. The Morgan fingerprint density at radius 3 is 3.05 bits per heavy atom. The maximum absolute atomic E-state index is 3.96. The summed E-state index contributed by atoms with van der Waals surface area (Å²) < 4.78 is 1.70. The number of nitrogens with zero attached hydrogens (tertiary/aromatic N) is 4. The van der Waals surface area contributed by atoms with Crippen molar-refractivity contribution in [3.63, 3.8) is 0 Å². The molecule has 2 aromatic rings. The van der Waals surface area contributed by atoms with Crippen LogP contribution in [0.1, 0.15) is 24.8 Å². The zero-order chi connectivity index (χ0) is 13.8. The van der Waals surface area contributed by atoms with Gasteiger partial charge in [-0.2, -0.15) is 0 Å². The molecule has 1 heterocycles. The van der Waals surface area contributed by atoms with Crippen molar-refractivity contribution in [2.24, 2.45) is 5.92 Å². The van der Waals surface area contributed by atoms with Crippen LogP contribution in [0, 0.1) is 12.8 Å². The Hall–Kier alpha value is -2.17. The molecule has 5 nitrogen and oxygen atoms in total. The first-order chi connectivity index (χ1) is 9.83. The van der Waals surface area contributed by atoms with Gasteiger partial charge in [-0.05, 0) is 60.2 Å². The van der Waals surface area contributed by atoms with Crippen LogP contribution in [0.15, 0.2) is 36.7 Å². The van der Waals surface area contributed by atoms with Crippen molar-refractivity contribution in [2.45, 2.75) is 26.2 Å². The second kappa shape index (κ2) is 5.86. The molecule has 20 heavy (non-hydrogen) atoms. The topological polar surface area (TPSA) is 55.6 Å². The molecule has 0 bridgehead atoms. The highest BCUT2D eigenvalue weighted by atomic mass is 15.5. The van der Waals surface area contributed by atoms with Crippen LogP contribution >= 0.6 is 0 Å². The maximum Gasteiger partial charge on any atom is 0.143 e. The summed E-state index contributed by atoms with van der Waals surface area (Å²) in [5.41, 5.74) is 3.29. The highest BCUT2D eigenvalue weighted by Gasteiger charge is 2.10. The Bertz CT molecular complexity index is 588. The normalized spacial score (nSPS) is 18.1. The standard InChI is InChI=1S/C15H19N5/c1-12-7-8-14(9-15(12)20-11-17-18-19-20)16-10-13-5-3-2-4-6-13/h2-3,7-9,11,13,16H,4-6,10H2,1H3. The van der Waals surface area contributed by atoms with E-state index in [0.717, 1.165) is 29.4 Å². The molecule has 104 valence electrons. The summed E-state index contributed by atoms with van der Waals surface area (Å²) in [7, 11) is 0. The van der Waals surface area contributed by atoms with E-state index in [0.29, 0.717) is 0 Å². The summed E-state index contributed by atoms with van der Waals surface area (Å²) in [6.07, 6.45) is 9.85. The first-order valence-electron chi connectivity index (χ1n) is 7.06. The third-order valence-corrected chi connectivity index (χ3v) is 3.78. The van der Waals surface area contributed by atoms with E-state index in [-0.39, 0.29) is 0 Å². The molecule has 0 saturated carbocycles. The predicted molar refractivity (Wildman–Crippen MR) is 78.9 cm³/mol. The third-order valence-electron chi connectivity index (χ3n) is 3.78. The Labute approximate surface area is 118 Å². The van der Waals surface area contributed by atoms with E-state index in [1.165, 1.54) is 19.3 Å². The Balaban J connectivity index is 1.71. The van der Waals surface area contributed by atoms with Gasteiger partial charge in [-0.25, -0.2) is 4.68 Å². The number of benzene rings is 1. The largest absolute Gasteiger partial charge is 0.385 e. The van der Waals surface area contributed by atoms with Gasteiger partial charge in [-0.3, -0.25) is 0 Å². The zero-order valence-electron chi connectivity index (χ0n) is 11.7. The summed E-state index contributed by atoms with van der Waals surface area (Å²) in [6.45, 7) is 3.08. The lowest BCUT2D eigenvalue weighted by Gasteiger charge is -2.19. The van der Waals surface area contributed by atoms with Crippen molar-refractivity contribution in [1.29, 1.82) is 0 Å². The molecule has 1 atom stereocenters. The van der Waals surface area contributed by atoms with Gasteiger partial charge in [0, 0.05) is 12.2 Å². The molecule has 0 aliphatic heterocycles. The molecular formula is C15H19N5. The molecule has 0 saturated heterocycles. The molecule has 0 radical (unpaired) electrons. The summed E-state index contributed by atoms with van der Waals surface area (Å²) >= 11 is 0. The third kappa shape index (κ3) is 2.87. The van der Waals surface area contributed by atoms with E-state index in [1.54, 1.807) is 11.0 Å². The molecule has 1 aromatic carbocycles. The van der Waals surface area contributed by atoms with E-state index in [4.69, 9.17) is 0 Å². The highest BCUT2D eigenvalue weighted by Crippen LogP contribution is 2.21. The van der Waals surface area contributed by atoms with Gasteiger partial charge in [0.1, 0.15) is 6.33 Å². The number of nitrogens with one attached hydrogen (secondary N) is 1. The van der Waals surface area contributed by atoms with E-state index in [2.05, 4.69) is 58.1 Å². The summed E-state index contributed by atoms with van der Waals surface area (Å²) in [6, 6.07) is 6.31. The Kier molecular flexibility index (Phi) is 3.76.